The van der Waals surface area contributed by atoms with Crippen LogP contribution >= 0.6 is 0 Å². The summed E-state index contributed by atoms with van der Waals surface area (Å²) >= 11 is 0. The lowest BCUT2D eigenvalue weighted by Crippen LogP contribution is -2.11. The maximum absolute atomic E-state index is 11.8. The molecule has 5 heteroatoms. The fourth-order valence-electron chi connectivity index (χ4n) is 0.711. The van der Waals surface area contributed by atoms with Gasteiger partial charge in [-0.1, -0.05) is 0 Å². The van der Waals surface area contributed by atoms with Gasteiger partial charge in [0.15, 0.2) is 0 Å². The molecular formula is C6H6F2N2O. The van der Waals surface area contributed by atoms with E-state index in [2.05, 4.69) is 9.97 Å². The lowest BCUT2D eigenvalue weighted by molar-refractivity contribution is 0.0673. The molecule has 0 amide bonds. The topological polar surface area (TPSA) is 45.8 Å². The summed E-state index contributed by atoms with van der Waals surface area (Å²) in [5.74, 6) is -1.23. The van der Waals surface area contributed by atoms with Gasteiger partial charge in [0.1, 0.15) is 5.69 Å². The van der Waals surface area contributed by atoms with E-state index in [1.807, 2.05) is 0 Å². The summed E-state index contributed by atoms with van der Waals surface area (Å²) in [7, 11) is 0. The number of imidazole rings is 1. The number of Topliss-reactive ketones (excluding diaryl/α,β-unsaturated/α-hetero) is 1. The van der Waals surface area contributed by atoms with Crippen molar-refractivity contribution in [1.29, 1.82) is 0 Å². The molecule has 0 bridgehead atoms. The average molecular weight is 160 g/mol. The Bertz CT molecular complexity index is 269. The van der Waals surface area contributed by atoms with E-state index in [1.54, 1.807) is 0 Å². The van der Waals surface area contributed by atoms with Gasteiger partial charge in [-0.15, -0.1) is 0 Å². The number of nitrogens with zero attached hydrogens (tertiary/aromatic N) is 1. The van der Waals surface area contributed by atoms with E-state index in [4.69, 9.17) is 0 Å². The second-order valence-corrected chi connectivity index (χ2v) is 2.04. The van der Waals surface area contributed by atoms with Crippen molar-refractivity contribution in [2.45, 2.75) is 13.3 Å². The van der Waals surface area contributed by atoms with Gasteiger partial charge >= 0.3 is 6.43 Å². The third kappa shape index (κ3) is 1.42. The van der Waals surface area contributed by atoms with Crippen molar-refractivity contribution in [3.63, 3.8) is 0 Å². The fraction of sp³-hybridized carbons (Fsp3) is 0.333. The number of carbonyl (C=O) groups excluding carboxylic acids is 1. The van der Waals surface area contributed by atoms with E-state index in [0.717, 1.165) is 0 Å². The van der Waals surface area contributed by atoms with Crippen molar-refractivity contribution >= 4 is 5.78 Å². The number of carbonyl (C=O) groups is 1. The SMILES string of the molecule is Cc1[nH]cnc1C(=O)C(F)F. The molecule has 0 radical (unpaired) electrons. The number of aromatic amines is 1. The smallest absolute Gasteiger partial charge is 0.302 e. The lowest BCUT2D eigenvalue weighted by atomic mass is 10.2. The minimum atomic E-state index is -2.98. The van der Waals surface area contributed by atoms with Gasteiger partial charge in [-0.05, 0) is 6.92 Å². The predicted molar refractivity (Wildman–Crippen MR) is 33.7 cm³/mol. The molecule has 3 nitrogen and oxygen atoms in total. The highest BCUT2D eigenvalue weighted by atomic mass is 19.3. The second-order valence-electron chi connectivity index (χ2n) is 2.04. The number of halogens is 2. The zero-order chi connectivity index (χ0) is 8.43. The number of nitrogens with one attached hydrogen (secondary N) is 1. The van der Waals surface area contributed by atoms with Crippen LogP contribution in [0.5, 0.6) is 0 Å². The van der Waals surface area contributed by atoms with Crippen LogP contribution in [0.15, 0.2) is 6.33 Å². The summed E-state index contributed by atoms with van der Waals surface area (Å²) in [5.41, 5.74) is 0.190. The Kier molecular flexibility index (Phi) is 1.98. The van der Waals surface area contributed by atoms with Crippen LogP contribution in [-0.4, -0.2) is 22.2 Å². The molecule has 1 heterocycles. The van der Waals surface area contributed by atoms with Gasteiger partial charge in [-0.3, -0.25) is 4.79 Å². The normalized spacial score (nSPS) is 10.5. The monoisotopic (exact) mass is 160 g/mol. The van der Waals surface area contributed by atoms with Crippen molar-refractivity contribution in [2.75, 3.05) is 0 Å². The molecule has 0 saturated carbocycles. The molecule has 60 valence electrons. The summed E-state index contributed by atoms with van der Waals surface area (Å²) < 4.78 is 23.5. The Morgan fingerprint density at radius 2 is 2.36 bits per heavy atom. The second kappa shape index (κ2) is 2.77. The molecule has 1 rings (SSSR count). The van der Waals surface area contributed by atoms with Crippen molar-refractivity contribution in [2.24, 2.45) is 0 Å². The van der Waals surface area contributed by atoms with Crippen molar-refractivity contribution in [1.82, 2.24) is 9.97 Å². The Hall–Kier alpha value is -1.26. The summed E-state index contributed by atoms with van der Waals surface area (Å²) in [6, 6.07) is 0. The number of H-pyrrole nitrogens is 1. The van der Waals surface area contributed by atoms with Crippen LogP contribution in [0, 0.1) is 6.92 Å². The number of hydrogen-bond donors (Lipinski definition) is 1. The Morgan fingerprint density at radius 1 is 1.73 bits per heavy atom. The first kappa shape index (κ1) is 7.84. The maximum atomic E-state index is 11.8. The van der Waals surface area contributed by atoms with Crippen LogP contribution in [0.2, 0.25) is 0 Å². The van der Waals surface area contributed by atoms with Crippen LogP contribution < -0.4 is 0 Å². The first-order chi connectivity index (χ1) is 5.13. The van der Waals surface area contributed by atoms with Gasteiger partial charge in [0.2, 0.25) is 5.78 Å². The highest BCUT2D eigenvalue weighted by Gasteiger charge is 2.21. The molecule has 0 aliphatic heterocycles. The van der Waals surface area contributed by atoms with Crippen LogP contribution in [0.25, 0.3) is 0 Å². The molecule has 0 fully saturated rings. The van der Waals surface area contributed by atoms with Gasteiger partial charge in [0.05, 0.1) is 6.33 Å². The molecule has 1 N–H and O–H groups in total. The standard InChI is InChI=1S/C6H6F2N2O/c1-3-4(10-2-9-3)5(11)6(7)8/h2,6H,1H3,(H,9,10). The zero-order valence-electron chi connectivity index (χ0n) is 5.77. The van der Waals surface area contributed by atoms with E-state index in [-0.39, 0.29) is 5.69 Å². The van der Waals surface area contributed by atoms with E-state index >= 15 is 0 Å². The maximum Gasteiger partial charge on any atom is 0.302 e. The molecule has 0 spiro atoms. The van der Waals surface area contributed by atoms with Crippen molar-refractivity contribution in [3.8, 4) is 0 Å². The number of aromatic nitrogens is 2. The summed E-state index contributed by atoms with van der Waals surface area (Å²) in [6.45, 7) is 1.52. The molecule has 0 atom stereocenters. The van der Waals surface area contributed by atoms with E-state index in [9.17, 15) is 13.6 Å². The zero-order valence-corrected chi connectivity index (χ0v) is 5.77. The van der Waals surface area contributed by atoms with Crippen molar-refractivity contribution < 1.29 is 13.6 Å². The highest BCUT2D eigenvalue weighted by molar-refractivity contribution is 5.97. The Balaban J connectivity index is 2.93. The summed E-state index contributed by atoms with van der Waals surface area (Å²) in [6.07, 6.45) is -1.76. The molecule has 1 aromatic heterocycles. The predicted octanol–water partition coefficient (Wildman–Crippen LogP) is 1.17. The minimum absolute atomic E-state index is 0.181. The van der Waals surface area contributed by atoms with Gasteiger partial charge in [0, 0.05) is 5.69 Å². The minimum Gasteiger partial charge on any atom is -0.348 e. The molecule has 1 aromatic rings. The van der Waals surface area contributed by atoms with E-state index < -0.39 is 12.2 Å². The van der Waals surface area contributed by atoms with Crippen LogP contribution in [0.3, 0.4) is 0 Å². The number of ketones is 1. The van der Waals surface area contributed by atoms with Crippen LogP contribution in [0.4, 0.5) is 8.78 Å². The van der Waals surface area contributed by atoms with E-state index in [0.29, 0.717) is 5.69 Å². The molecule has 0 aliphatic carbocycles. The summed E-state index contributed by atoms with van der Waals surface area (Å²) in [4.78, 5) is 16.6. The number of alkyl halides is 2. The van der Waals surface area contributed by atoms with E-state index in [1.165, 1.54) is 13.3 Å². The van der Waals surface area contributed by atoms with Crippen LogP contribution in [-0.2, 0) is 0 Å². The highest BCUT2D eigenvalue weighted by Crippen LogP contribution is 2.07. The molecule has 11 heavy (non-hydrogen) atoms. The molecule has 0 aromatic carbocycles. The summed E-state index contributed by atoms with van der Waals surface area (Å²) in [5, 5.41) is 0. The first-order valence-electron chi connectivity index (χ1n) is 2.95. The Labute approximate surface area is 61.4 Å². The third-order valence-electron chi connectivity index (χ3n) is 1.26. The van der Waals surface area contributed by atoms with Gasteiger partial charge in [-0.25, -0.2) is 13.8 Å². The van der Waals surface area contributed by atoms with Gasteiger partial charge in [-0.2, -0.15) is 0 Å². The fourth-order valence-corrected chi connectivity index (χ4v) is 0.711. The number of aryl methyl sites for hydroxylation is 1. The number of rotatable bonds is 2. The van der Waals surface area contributed by atoms with Gasteiger partial charge in [0.25, 0.3) is 0 Å². The molecule has 0 unspecified atom stereocenters. The molecule has 0 aliphatic rings. The van der Waals surface area contributed by atoms with Crippen LogP contribution in [0.1, 0.15) is 16.2 Å². The first-order valence-corrected chi connectivity index (χ1v) is 2.95. The van der Waals surface area contributed by atoms with Crippen molar-refractivity contribution in [3.05, 3.63) is 17.7 Å². The molecular weight excluding hydrogens is 154 g/mol. The Morgan fingerprint density at radius 3 is 2.73 bits per heavy atom. The number of hydrogen-bond acceptors (Lipinski definition) is 2. The largest absolute Gasteiger partial charge is 0.348 e. The van der Waals surface area contributed by atoms with Gasteiger partial charge < -0.3 is 4.98 Å². The lowest BCUT2D eigenvalue weighted by Gasteiger charge is -1.94. The quantitative estimate of drug-likeness (QED) is 0.660. The average Bonchev–Trinajstić information content (AvgIpc) is 2.33. The molecule has 0 saturated heterocycles. The third-order valence-corrected chi connectivity index (χ3v) is 1.26.